The fourth-order valence-electron chi connectivity index (χ4n) is 2.24. The second-order valence-electron chi connectivity index (χ2n) is 5.14. The van der Waals surface area contributed by atoms with Crippen LogP contribution in [0.25, 0.3) is 0 Å². The Balaban J connectivity index is 2.00. The average Bonchev–Trinajstić information content (AvgIpc) is 2.39. The molecule has 1 fully saturated rings. The molecule has 1 saturated heterocycles. The Kier molecular flexibility index (Phi) is 4.09. The molecule has 0 radical (unpaired) electrons. The molecule has 1 unspecified atom stereocenters. The fourth-order valence-corrected chi connectivity index (χ4v) is 2.24. The summed E-state index contributed by atoms with van der Waals surface area (Å²) in [4.78, 5) is 0. The lowest BCUT2D eigenvalue weighted by Gasteiger charge is -2.34. The van der Waals surface area contributed by atoms with Crippen molar-refractivity contribution < 1.29 is 9.47 Å². The summed E-state index contributed by atoms with van der Waals surface area (Å²) in [6.07, 6.45) is 2.24. The number of nitrogens with one attached hydrogen (secondary N) is 1. The van der Waals surface area contributed by atoms with Gasteiger partial charge in [0.2, 0.25) is 0 Å². The number of hydrogen-bond donors (Lipinski definition) is 2. The quantitative estimate of drug-likeness (QED) is 0.802. The molecule has 0 bridgehead atoms. The molecular formula is C14H22N2O2. The molecule has 1 aromatic rings. The van der Waals surface area contributed by atoms with Crippen molar-refractivity contribution in [3.63, 3.8) is 0 Å². The molecule has 1 aliphatic heterocycles. The van der Waals surface area contributed by atoms with Gasteiger partial charge in [-0.3, -0.25) is 0 Å². The molecule has 0 aliphatic carbocycles. The number of rotatable bonds is 4. The maximum Gasteiger partial charge on any atom is 0.119 e. The summed E-state index contributed by atoms with van der Waals surface area (Å²) in [5, 5.41) is 3.55. The van der Waals surface area contributed by atoms with Crippen molar-refractivity contribution in [2.24, 2.45) is 0 Å². The number of anilines is 1. The van der Waals surface area contributed by atoms with E-state index in [1.54, 1.807) is 7.11 Å². The van der Waals surface area contributed by atoms with E-state index in [1.807, 2.05) is 18.2 Å². The summed E-state index contributed by atoms with van der Waals surface area (Å²) in [5.74, 6) is 0.839. The van der Waals surface area contributed by atoms with E-state index in [0.29, 0.717) is 0 Å². The van der Waals surface area contributed by atoms with Gasteiger partial charge in [-0.25, -0.2) is 0 Å². The third-order valence-electron chi connectivity index (χ3n) is 3.49. The van der Waals surface area contributed by atoms with Gasteiger partial charge in [-0.15, -0.1) is 0 Å². The van der Waals surface area contributed by atoms with Crippen LogP contribution in [0.3, 0.4) is 0 Å². The molecule has 1 aromatic carbocycles. The van der Waals surface area contributed by atoms with Gasteiger partial charge in [0.1, 0.15) is 5.75 Å². The van der Waals surface area contributed by atoms with Gasteiger partial charge in [0.05, 0.1) is 13.7 Å². The first-order valence-corrected chi connectivity index (χ1v) is 6.38. The molecule has 0 amide bonds. The topological polar surface area (TPSA) is 56.5 Å². The summed E-state index contributed by atoms with van der Waals surface area (Å²) in [6, 6.07) is 5.75. The van der Waals surface area contributed by atoms with E-state index in [9.17, 15) is 0 Å². The average molecular weight is 250 g/mol. The highest BCUT2D eigenvalue weighted by Gasteiger charge is 2.26. The van der Waals surface area contributed by atoms with Crippen LogP contribution in [0.2, 0.25) is 0 Å². The molecule has 4 nitrogen and oxygen atoms in total. The minimum atomic E-state index is 0.0494. The number of nitrogens with two attached hydrogens (primary N) is 1. The lowest BCUT2D eigenvalue weighted by atomic mass is 9.94. The first-order valence-electron chi connectivity index (χ1n) is 6.38. The molecule has 0 aromatic heterocycles. The second-order valence-corrected chi connectivity index (χ2v) is 5.14. The highest BCUT2D eigenvalue weighted by molar-refractivity contribution is 5.50. The largest absolute Gasteiger partial charge is 0.497 e. The van der Waals surface area contributed by atoms with Crippen molar-refractivity contribution >= 4 is 5.69 Å². The van der Waals surface area contributed by atoms with E-state index in [0.717, 1.165) is 49.6 Å². The number of benzene rings is 1. The van der Waals surface area contributed by atoms with Crippen LogP contribution in [-0.4, -0.2) is 25.9 Å². The lowest BCUT2D eigenvalue weighted by Crippen LogP contribution is -2.48. The zero-order valence-corrected chi connectivity index (χ0v) is 11.2. The van der Waals surface area contributed by atoms with E-state index in [1.165, 1.54) is 0 Å². The molecule has 1 aliphatic rings. The molecule has 100 valence electrons. The first kappa shape index (κ1) is 13.2. The van der Waals surface area contributed by atoms with Crippen LogP contribution in [0.1, 0.15) is 25.3 Å². The zero-order chi connectivity index (χ0) is 13.0. The van der Waals surface area contributed by atoms with Crippen molar-refractivity contribution in [3.8, 4) is 5.75 Å². The Morgan fingerprint density at radius 1 is 1.50 bits per heavy atom. The molecule has 1 atom stereocenters. The van der Waals surface area contributed by atoms with Crippen LogP contribution in [0.4, 0.5) is 5.69 Å². The van der Waals surface area contributed by atoms with E-state index >= 15 is 0 Å². The van der Waals surface area contributed by atoms with Crippen LogP contribution in [-0.2, 0) is 11.3 Å². The standard InChI is InChI=1S/C14H22N2O2/c1-14(6-3-7-18-10-14)16-9-11-8-12(17-2)4-5-13(11)15/h4-5,8,16H,3,6-7,9-10,15H2,1-2H3. The Labute approximate surface area is 108 Å². The number of ether oxygens (including phenoxy) is 2. The monoisotopic (exact) mass is 250 g/mol. The van der Waals surface area contributed by atoms with Crippen LogP contribution >= 0.6 is 0 Å². The highest BCUT2D eigenvalue weighted by atomic mass is 16.5. The Hall–Kier alpha value is -1.26. The summed E-state index contributed by atoms with van der Waals surface area (Å²) in [5.41, 5.74) is 7.89. The minimum Gasteiger partial charge on any atom is -0.497 e. The summed E-state index contributed by atoms with van der Waals surface area (Å²) < 4.78 is 10.7. The Bertz CT molecular complexity index is 401. The molecule has 0 saturated carbocycles. The Morgan fingerprint density at radius 3 is 3.00 bits per heavy atom. The van der Waals surface area contributed by atoms with Gasteiger partial charge in [0.15, 0.2) is 0 Å². The van der Waals surface area contributed by atoms with Crippen LogP contribution < -0.4 is 15.8 Å². The Morgan fingerprint density at radius 2 is 2.33 bits per heavy atom. The fraction of sp³-hybridized carbons (Fsp3) is 0.571. The highest BCUT2D eigenvalue weighted by Crippen LogP contribution is 2.22. The van der Waals surface area contributed by atoms with Crippen molar-refractivity contribution in [1.82, 2.24) is 5.32 Å². The summed E-state index contributed by atoms with van der Waals surface area (Å²) in [6.45, 7) is 4.57. The van der Waals surface area contributed by atoms with E-state index in [4.69, 9.17) is 15.2 Å². The van der Waals surface area contributed by atoms with Crippen LogP contribution in [0.5, 0.6) is 5.75 Å². The van der Waals surface area contributed by atoms with E-state index in [2.05, 4.69) is 12.2 Å². The van der Waals surface area contributed by atoms with E-state index < -0.39 is 0 Å². The van der Waals surface area contributed by atoms with Crippen molar-refractivity contribution in [3.05, 3.63) is 23.8 Å². The smallest absolute Gasteiger partial charge is 0.119 e. The normalized spacial score (nSPS) is 23.9. The van der Waals surface area contributed by atoms with Crippen molar-refractivity contribution in [2.75, 3.05) is 26.1 Å². The molecule has 0 spiro atoms. The third kappa shape index (κ3) is 3.15. The summed E-state index contributed by atoms with van der Waals surface area (Å²) in [7, 11) is 1.67. The molecule has 18 heavy (non-hydrogen) atoms. The molecule has 2 rings (SSSR count). The minimum absolute atomic E-state index is 0.0494. The second kappa shape index (κ2) is 5.59. The van der Waals surface area contributed by atoms with Gasteiger partial charge in [-0.05, 0) is 43.5 Å². The van der Waals surface area contributed by atoms with Crippen molar-refractivity contribution in [1.29, 1.82) is 0 Å². The van der Waals surface area contributed by atoms with Crippen LogP contribution in [0.15, 0.2) is 18.2 Å². The zero-order valence-electron chi connectivity index (χ0n) is 11.2. The van der Waals surface area contributed by atoms with Crippen molar-refractivity contribution in [2.45, 2.75) is 31.8 Å². The number of methoxy groups -OCH3 is 1. The van der Waals surface area contributed by atoms with Gasteiger partial charge in [0.25, 0.3) is 0 Å². The molecule has 3 N–H and O–H groups in total. The molecular weight excluding hydrogens is 228 g/mol. The van der Waals surface area contributed by atoms with Gasteiger partial charge >= 0.3 is 0 Å². The maximum absolute atomic E-state index is 5.98. The van der Waals surface area contributed by atoms with Gasteiger partial charge in [-0.2, -0.15) is 0 Å². The SMILES string of the molecule is COc1ccc(N)c(CNC2(C)CCCOC2)c1. The van der Waals surface area contributed by atoms with Gasteiger partial charge in [-0.1, -0.05) is 0 Å². The lowest BCUT2D eigenvalue weighted by molar-refractivity contribution is 0.0278. The number of hydrogen-bond acceptors (Lipinski definition) is 4. The van der Waals surface area contributed by atoms with E-state index in [-0.39, 0.29) is 5.54 Å². The van der Waals surface area contributed by atoms with Gasteiger partial charge < -0.3 is 20.5 Å². The molecule has 1 heterocycles. The first-order chi connectivity index (χ1) is 8.63. The van der Waals surface area contributed by atoms with Crippen LogP contribution in [0, 0.1) is 0 Å². The summed E-state index contributed by atoms with van der Waals surface area (Å²) >= 11 is 0. The van der Waals surface area contributed by atoms with Gasteiger partial charge in [0, 0.05) is 24.4 Å². The molecule has 4 heteroatoms. The maximum atomic E-state index is 5.98. The number of nitrogen functional groups attached to an aromatic ring is 1. The third-order valence-corrected chi connectivity index (χ3v) is 3.49. The predicted octanol–water partition coefficient (Wildman–Crippen LogP) is 1.94. The predicted molar refractivity (Wildman–Crippen MR) is 72.7 cm³/mol.